The van der Waals surface area contributed by atoms with E-state index in [1.807, 2.05) is 0 Å². The topological polar surface area (TPSA) is 20.7 Å². The van der Waals surface area contributed by atoms with Crippen molar-refractivity contribution in [2.75, 3.05) is 0 Å². The van der Waals surface area contributed by atoms with Gasteiger partial charge in [-0.3, -0.25) is 4.57 Å². The third-order valence-electron chi connectivity index (χ3n) is 2.08. The van der Waals surface area contributed by atoms with E-state index in [0.717, 1.165) is 6.20 Å². The molecule has 1 aromatic heterocycles. The zero-order chi connectivity index (χ0) is 12.7. The van der Waals surface area contributed by atoms with Crippen LogP contribution < -0.4 is 0 Å². The van der Waals surface area contributed by atoms with Gasteiger partial charge >= 0.3 is 0 Å². The molecule has 0 fully saturated rings. The maximum atomic E-state index is 13.3. The van der Waals surface area contributed by atoms with Gasteiger partial charge < -0.3 is 4.98 Å². The summed E-state index contributed by atoms with van der Waals surface area (Å²) < 4.78 is 65.7. The first-order valence-corrected chi connectivity index (χ1v) is 4.63. The van der Waals surface area contributed by atoms with Gasteiger partial charge in [-0.05, 0) is 12.2 Å². The van der Waals surface area contributed by atoms with E-state index in [4.69, 9.17) is 0 Å². The summed E-state index contributed by atoms with van der Waals surface area (Å²) in [6.45, 7) is 0. The van der Waals surface area contributed by atoms with E-state index in [2.05, 4.69) is 17.2 Å². The number of imidazole rings is 1. The standard InChI is InChI=1S/C9H3F5N2S/c10-3-4(11)6(13)8(7(14)5(3)12)16-2-1-15-9(16)17/h1-2H,(H,15,17). The average molecular weight is 266 g/mol. The highest BCUT2D eigenvalue weighted by molar-refractivity contribution is 7.71. The van der Waals surface area contributed by atoms with Crippen molar-refractivity contribution in [2.45, 2.75) is 0 Å². The van der Waals surface area contributed by atoms with Crippen LogP contribution in [0, 0.1) is 33.9 Å². The Balaban J connectivity index is 2.89. The molecule has 0 spiro atoms. The van der Waals surface area contributed by atoms with Crippen LogP contribution in [0.5, 0.6) is 0 Å². The number of aromatic amines is 1. The van der Waals surface area contributed by atoms with E-state index in [1.54, 1.807) is 0 Å². The third kappa shape index (κ3) is 1.64. The van der Waals surface area contributed by atoms with Crippen LogP contribution in [0.3, 0.4) is 0 Å². The number of rotatable bonds is 1. The van der Waals surface area contributed by atoms with Crippen molar-refractivity contribution in [2.24, 2.45) is 0 Å². The monoisotopic (exact) mass is 266 g/mol. The molecule has 90 valence electrons. The van der Waals surface area contributed by atoms with E-state index in [-0.39, 0.29) is 4.77 Å². The second kappa shape index (κ2) is 3.95. The molecule has 0 aliphatic carbocycles. The van der Waals surface area contributed by atoms with Crippen LogP contribution in [0.4, 0.5) is 22.0 Å². The molecule has 8 heteroatoms. The first-order valence-electron chi connectivity index (χ1n) is 4.23. The van der Waals surface area contributed by atoms with Gasteiger partial charge in [0, 0.05) is 12.4 Å². The number of benzene rings is 1. The molecule has 1 heterocycles. The SMILES string of the molecule is Fc1c(F)c(F)c(-n2cc[nH]c2=S)c(F)c1F. The van der Waals surface area contributed by atoms with E-state index in [0.29, 0.717) is 4.57 Å². The number of H-pyrrole nitrogens is 1. The van der Waals surface area contributed by atoms with Gasteiger partial charge in [0.05, 0.1) is 0 Å². The molecule has 2 aromatic rings. The Morgan fingerprint density at radius 1 is 0.882 bits per heavy atom. The molecule has 0 bridgehead atoms. The van der Waals surface area contributed by atoms with Crippen molar-refractivity contribution in [3.05, 3.63) is 46.3 Å². The molecule has 2 rings (SSSR count). The predicted molar refractivity (Wildman–Crippen MR) is 50.7 cm³/mol. The van der Waals surface area contributed by atoms with Gasteiger partial charge in [-0.25, -0.2) is 22.0 Å². The molecular formula is C9H3F5N2S. The molecule has 0 saturated carbocycles. The van der Waals surface area contributed by atoms with Crippen molar-refractivity contribution in [3.8, 4) is 5.69 Å². The maximum absolute atomic E-state index is 13.3. The molecule has 1 aromatic carbocycles. The minimum absolute atomic E-state index is 0.187. The maximum Gasteiger partial charge on any atom is 0.200 e. The summed E-state index contributed by atoms with van der Waals surface area (Å²) in [6.07, 6.45) is 2.26. The van der Waals surface area contributed by atoms with Crippen LogP contribution in [-0.4, -0.2) is 9.55 Å². The van der Waals surface area contributed by atoms with E-state index < -0.39 is 34.8 Å². The first-order chi connectivity index (χ1) is 7.95. The van der Waals surface area contributed by atoms with E-state index in [1.165, 1.54) is 6.20 Å². The van der Waals surface area contributed by atoms with E-state index in [9.17, 15) is 22.0 Å². The number of aromatic nitrogens is 2. The largest absolute Gasteiger partial charge is 0.337 e. The summed E-state index contributed by atoms with van der Waals surface area (Å²) in [6, 6.07) is 0. The van der Waals surface area contributed by atoms with Gasteiger partial charge in [0.25, 0.3) is 0 Å². The Kier molecular flexibility index (Phi) is 2.74. The zero-order valence-corrected chi connectivity index (χ0v) is 8.72. The predicted octanol–water partition coefficient (Wildman–Crippen LogP) is 3.23. The highest BCUT2D eigenvalue weighted by Gasteiger charge is 2.26. The van der Waals surface area contributed by atoms with Crippen LogP contribution in [0.25, 0.3) is 5.69 Å². The van der Waals surface area contributed by atoms with Crippen LogP contribution in [0.15, 0.2) is 12.4 Å². The summed E-state index contributed by atoms with van der Waals surface area (Å²) in [5.41, 5.74) is -1.10. The summed E-state index contributed by atoms with van der Waals surface area (Å²) in [7, 11) is 0. The summed E-state index contributed by atoms with van der Waals surface area (Å²) in [5, 5.41) is 0. The summed E-state index contributed by atoms with van der Waals surface area (Å²) in [4.78, 5) is 2.38. The number of hydrogen-bond acceptors (Lipinski definition) is 1. The molecule has 0 aliphatic heterocycles. The number of hydrogen-bond donors (Lipinski definition) is 1. The van der Waals surface area contributed by atoms with Crippen LogP contribution in [0.1, 0.15) is 0 Å². The lowest BCUT2D eigenvalue weighted by Crippen LogP contribution is -2.09. The lowest BCUT2D eigenvalue weighted by atomic mass is 10.2. The summed E-state index contributed by atoms with van der Waals surface area (Å²) >= 11 is 4.64. The van der Waals surface area contributed by atoms with Crippen molar-refractivity contribution < 1.29 is 22.0 Å². The fourth-order valence-electron chi connectivity index (χ4n) is 1.30. The van der Waals surface area contributed by atoms with Crippen molar-refractivity contribution >= 4 is 12.2 Å². The Labute approximate surface area is 96.3 Å². The van der Waals surface area contributed by atoms with E-state index >= 15 is 0 Å². The van der Waals surface area contributed by atoms with Crippen LogP contribution in [0.2, 0.25) is 0 Å². The van der Waals surface area contributed by atoms with Gasteiger partial charge in [-0.15, -0.1) is 0 Å². The highest BCUT2D eigenvalue weighted by atomic mass is 32.1. The van der Waals surface area contributed by atoms with Gasteiger partial charge in [0.15, 0.2) is 28.0 Å². The Morgan fingerprint density at radius 2 is 1.35 bits per heavy atom. The van der Waals surface area contributed by atoms with Gasteiger partial charge in [-0.1, -0.05) is 0 Å². The normalized spacial score (nSPS) is 10.9. The van der Waals surface area contributed by atoms with Crippen molar-refractivity contribution in [1.82, 2.24) is 9.55 Å². The molecule has 2 nitrogen and oxygen atoms in total. The molecule has 1 N–H and O–H groups in total. The Morgan fingerprint density at radius 3 is 1.76 bits per heavy atom. The van der Waals surface area contributed by atoms with Crippen molar-refractivity contribution in [3.63, 3.8) is 0 Å². The van der Waals surface area contributed by atoms with Crippen LogP contribution >= 0.6 is 12.2 Å². The zero-order valence-electron chi connectivity index (χ0n) is 7.90. The second-order valence-corrected chi connectivity index (χ2v) is 3.44. The van der Waals surface area contributed by atoms with Gasteiger partial charge in [-0.2, -0.15) is 0 Å². The number of halogens is 5. The molecule has 0 atom stereocenters. The van der Waals surface area contributed by atoms with Gasteiger partial charge in [0.1, 0.15) is 5.69 Å². The highest BCUT2D eigenvalue weighted by Crippen LogP contribution is 2.26. The average Bonchev–Trinajstić information content (AvgIpc) is 2.71. The lowest BCUT2D eigenvalue weighted by Gasteiger charge is -2.08. The van der Waals surface area contributed by atoms with Crippen molar-refractivity contribution in [1.29, 1.82) is 0 Å². The third-order valence-corrected chi connectivity index (χ3v) is 2.39. The molecular weight excluding hydrogens is 263 g/mol. The number of nitrogens with one attached hydrogen (secondary N) is 1. The minimum atomic E-state index is -2.20. The molecule has 0 unspecified atom stereocenters. The molecule has 0 saturated heterocycles. The minimum Gasteiger partial charge on any atom is -0.337 e. The molecule has 0 aliphatic rings. The lowest BCUT2D eigenvalue weighted by molar-refractivity contribution is 0.375. The summed E-state index contributed by atoms with van der Waals surface area (Å²) in [5.74, 6) is -10.1. The fourth-order valence-corrected chi connectivity index (χ4v) is 1.52. The number of nitrogens with zero attached hydrogens (tertiary/aromatic N) is 1. The molecule has 0 radical (unpaired) electrons. The molecule has 0 amide bonds. The second-order valence-electron chi connectivity index (χ2n) is 3.05. The molecule has 17 heavy (non-hydrogen) atoms. The van der Waals surface area contributed by atoms with Gasteiger partial charge in [0.2, 0.25) is 5.82 Å². The smallest absolute Gasteiger partial charge is 0.200 e. The Bertz CT molecular complexity index is 616. The first kappa shape index (κ1) is 11.8. The quantitative estimate of drug-likeness (QED) is 0.364. The fraction of sp³-hybridized carbons (Fsp3) is 0. The van der Waals surface area contributed by atoms with Crippen LogP contribution in [-0.2, 0) is 0 Å². The Hall–Kier alpha value is -1.70.